The van der Waals surface area contributed by atoms with Crippen LogP contribution in [0.5, 0.6) is 0 Å². The molecule has 4 nitrogen and oxygen atoms in total. The number of halogens is 3. The van der Waals surface area contributed by atoms with Gasteiger partial charge in [0.05, 0.1) is 22.0 Å². The first-order chi connectivity index (χ1) is 9.13. The van der Waals surface area contributed by atoms with E-state index in [1.54, 1.807) is 0 Å². The van der Waals surface area contributed by atoms with Crippen LogP contribution in [0.4, 0.5) is 8.78 Å². The summed E-state index contributed by atoms with van der Waals surface area (Å²) in [5, 5.41) is 12.1. The molecule has 0 aliphatic heterocycles. The predicted octanol–water partition coefficient (Wildman–Crippen LogP) is 3.53. The fourth-order valence-electron chi connectivity index (χ4n) is 1.31. The molecule has 0 amide bonds. The van der Waals surface area contributed by atoms with E-state index in [-0.39, 0.29) is 10.3 Å². The molecular weight excluding hydrogens is 340 g/mol. The van der Waals surface area contributed by atoms with Crippen LogP contribution in [-0.4, -0.2) is 15.9 Å². The Morgan fingerprint density at radius 2 is 2.21 bits per heavy atom. The summed E-state index contributed by atoms with van der Waals surface area (Å²) in [5.74, 6) is -0.758. The monoisotopic (exact) mass is 345 g/mol. The van der Waals surface area contributed by atoms with Gasteiger partial charge in [0.2, 0.25) is 11.7 Å². The molecule has 0 N–H and O–H groups in total. The number of rotatable bonds is 4. The lowest BCUT2D eigenvalue weighted by Crippen LogP contribution is -1.91. The minimum Gasteiger partial charge on any atom is -0.338 e. The van der Waals surface area contributed by atoms with Crippen molar-refractivity contribution in [3.8, 4) is 17.5 Å². The fraction of sp³-hybridized carbons (Fsp3) is 0.182. The highest BCUT2D eigenvalue weighted by Gasteiger charge is 2.16. The first kappa shape index (κ1) is 14.0. The largest absolute Gasteiger partial charge is 0.338 e. The van der Waals surface area contributed by atoms with E-state index in [1.165, 1.54) is 17.8 Å². The van der Waals surface area contributed by atoms with Gasteiger partial charge in [0, 0.05) is 5.56 Å². The Hall–Kier alpha value is -1.46. The average molecular weight is 346 g/mol. The molecule has 0 aliphatic rings. The molecule has 0 fully saturated rings. The predicted molar refractivity (Wildman–Crippen MR) is 69.1 cm³/mol. The molecule has 2 rings (SSSR count). The van der Waals surface area contributed by atoms with E-state index in [9.17, 15) is 8.78 Å². The van der Waals surface area contributed by atoms with Gasteiger partial charge in [0.1, 0.15) is 0 Å². The van der Waals surface area contributed by atoms with Crippen molar-refractivity contribution in [3.05, 3.63) is 34.1 Å². The number of hydrogen-bond donors (Lipinski definition) is 0. The van der Waals surface area contributed by atoms with Gasteiger partial charge in [-0.05, 0) is 28.1 Å². The van der Waals surface area contributed by atoms with Gasteiger partial charge in [0.15, 0.2) is 11.6 Å². The minimum absolute atomic E-state index is 0.0514. The maximum atomic E-state index is 13.4. The van der Waals surface area contributed by atoms with Crippen LogP contribution < -0.4 is 0 Å². The van der Waals surface area contributed by atoms with Gasteiger partial charge in [-0.1, -0.05) is 5.16 Å². The lowest BCUT2D eigenvalue weighted by molar-refractivity contribution is 0.391. The number of nitriles is 1. The molecule has 0 saturated carbocycles. The summed E-state index contributed by atoms with van der Waals surface area (Å²) < 4.78 is 31.3. The Kier molecular flexibility index (Phi) is 4.50. The van der Waals surface area contributed by atoms with Crippen molar-refractivity contribution < 1.29 is 13.3 Å². The van der Waals surface area contributed by atoms with Crippen LogP contribution in [0.15, 0.2) is 21.1 Å². The average Bonchev–Trinajstić information content (AvgIpc) is 2.85. The van der Waals surface area contributed by atoms with Crippen LogP contribution in [0.1, 0.15) is 5.89 Å². The lowest BCUT2D eigenvalue weighted by Gasteiger charge is -2.00. The Morgan fingerprint density at radius 3 is 2.95 bits per heavy atom. The maximum Gasteiger partial charge on any atom is 0.236 e. The third-order valence-corrected chi connectivity index (χ3v) is 3.70. The van der Waals surface area contributed by atoms with E-state index in [1.807, 2.05) is 6.07 Å². The van der Waals surface area contributed by atoms with Crippen molar-refractivity contribution in [3.63, 3.8) is 0 Å². The minimum atomic E-state index is -0.997. The second kappa shape index (κ2) is 6.12. The van der Waals surface area contributed by atoms with Crippen LogP contribution in [0, 0.1) is 23.0 Å². The number of aromatic nitrogens is 2. The van der Waals surface area contributed by atoms with Crippen LogP contribution in [0.25, 0.3) is 11.4 Å². The zero-order valence-electron chi connectivity index (χ0n) is 9.36. The van der Waals surface area contributed by atoms with Crippen LogP contribution in [-0.2, 0) is 5.75 Å². The van der Waals surface area contributed by atoms with Crippen molar-refractivity contribution in [2.45, 2.75) is 5.75 Å². The van der Waals surface area contributed by atoms with Gasteiger partial charge in [-0.25, -0.2) is 8.78 Å². The highest BCUT2D eigenvalue weighted by Crippen LogP contribution is 2.30. The zero-order valence-corrected chi connectivity index (χ0v) is 11.8. The highest BCUT2D eigenvalue weighted by atomic mass is 79.9. The second-order valence-electron chi connectivity index (χ2n) is 3.39. The topological polar surface area (TPSA) is 62.7 Å². The van der Waals surface area contributed by atoms with Gasteiger partial charge in [0.25, 0.3) is 0 Å². The van der Waals surface area contributed by atoms with E-state index in [2.05, 4.69) is 26.1 Å². The number of thioether (sulfide) groups is 1. The van der Waals surface area contributed by atoms with Crippen LogP contribution in [0.2, 0.25) is 0 Å². The van der Waals surface area contributed by atoms with Crippen LogP contribution in [0.3, 0.4) is 0 Å². The molecule has 0 spiro atoms. The van der Waals surface area contributed by atoms with Crippen molar-refractivity contribution in [1.29, 1.82) is 5.26 Å². The van der Waals surface area contributed by atoms with Gasteiger partial charge in [-0.2, -0.15) is 10.2 Å². The normalized spacial score (nSPS) is 10.4. The fourth-order valence-corrected chi connectivity index (χ4v) is 2.29. The van der Waals surface area contributed by atoms with E-state index in [0.717, 1.165) is 6.07 Å². The molecule has 0 bridgehead atoms. The SMILES string of the molecule is N#CCSCc1nc(-c2ccc(F)c(F)c2Br)no1. The van der Waals surface area contributed by atoms with Gasteiger partial charge in [-0.3, -0.25) is 0 Å². The quantitative estimate of drug-likeness (QED) is 0.626. The third-order valence-electron chi connectivity index (χ3n) is 2.14. The summed E-state index contributed by atoms with van der Waals surface area (Å²) in [4.78, 5) is 4.06. The molecule has 0 saturated heterocycles. The molecule has 2 aromatic rings. The molecule has 98 valence electrons. The molecule has 0 radical (unpaired) electrons. The number of benzene rings is 1. The molecule has 19 heavy (non-hydrogen) atoms. The molecule has 0 unspecified atom stereocenters. The standard InChI is InChI=1S/C11H6BrF2N3OS/c12-9-6(1-2-7(13)10(9)14)11-16-8(18-17-11)5-19-4-3-15/h1-2H,4-5H2. The Labute approximate surface area is 119 Å². The Morgan fingerprint density at radius 1 is 1.42 bits per heavy atom. The Bertz CT molecular complexity index is 641. The molecule has 1 aromatic heterocycles. The van der Waals surface area contributed by atoms with Gasteiger partial charge < -0.3 is 4.52 Å². The van der Waals surface area contributed by atoms with Crippen LogP contribution >= 0.6 is 27.7 Å². The third kappa shape index (κ3) is 3.11. The van der Waals surface area contributed by atoms with Crippen molar-refractivity contribution in [1.82, 2.24) is 10.1 Å². The summed E-state index contributed by atoms with van der Waals surface area (Å²) in [6.07, 6.45) is 0. The Balaban J connectivity index is 2.24. The number of hydrogen-bond acceptors (Lipinski definition) is 5. The van der Waals surface area contributed by atoms with Crippen molar-refractivity contribution in [2.75, 3.05) is 5.75 Å². The summed E-state index contributed by atoms with van der Waals surface area (Å²) >= 11 is 4.28. The van der Waals surface area contributed by atoms with Gasteiger partial charge >= 0.3 is 0 Å². The summed E-state index contributed by atoms with van der Waals surface area (Å²) in [6, 6.07) is 4.33. The van der Waals surface area contributed by atoms with E-state index in [0.29, 0.717) is 23.0 Å². The smallest absolute Gasteiger partial charge is 0.236 e. The highest BCUT2D eigenvalue weighted by molar-refractivity contribution is 9.10. The van der Waals surface area contributed by atoms with E-state index in [4.69, 9.17) is 9.78 Å². The van der Waals surface area contributed by atoms with Crippen molar-refractivity contribution >= 4 is 27.7 Å². The zero-order chi connectivity index (χ0) is 13.8. The van der Waals surface area contributed by atoms with E-state index < -0.39 is 11.6 Å². The molecule has 8 heteroatoms. The molecule has 1 heterocycles. The lowest BCUT2D eigenvalue weighted by atomic mass is 10.2. The summed E-state index contributed by atoms with van der Waals surface area (Å²) in [5.41, 5.74) is 0.305. The molecule has 0 aliphatic carbocycles. The molecule has 1 aromatic carbocycles. The molecular formula is C11H6BrF2N3OS. The molecule has 0 atom stereocenters. The van der Waals surface area contributed by atoms with Crippen molar-refractivity contribution in [2.24, 2.45) is 0 Å². The van der Waals surface area contributed by atoms with Gasteiger partial charge in [-0.15, -0.1) is 11.8 Å². The van der Waals surface area contributed by atoms with E-state index >= 15 is 0 Å². The number of nitrogens with zero attached hydrogens (tertiary/aromatic N) is 3. The first-order valence-corrected chi connectivity index (χ1v) is 6.99. The second-order valence-corrected chi connectivity index (χ2v) is 5.16. The first-order valence-electron chi connectivity index (χ1n) is 5.04. The summed E-state index contributed by atoms with van der Waals surface area (Å²) in [7, 11) is 0. The summed E-state index contributed by atoms with van der Waals surface area (Å²) in [6.45, 7) is 0. The maximum absolute atomic E-state index is 13.4.